The monoisotopic (exact) mass is 350 g/mol. The first-order chi connectivity index (χ1) is 10.3. The Morgan fingerprint density at radius 1 is 1.61 bits per heavy atom. The molecule has 2 saturated heterocycles. The van der Waals surface area contributed by atoms with Crippen LogP contribution in [0.4, 0.5) is 5.82 Å². The third-order valence-electron chi connectivity index (χ3n) is 3.67. The lowest BCUT2D eigenvalue weighted by Gasteiger charge is -2.34. The van der Waals surface area contributed by atoms with Crippen molar-refractivity contribution in [3.63, 3.8) is 0 Å². The maximum atomic E-state index is 12.0. The fourth-order valence-corrected chi connectivity index (χ4v) is 3.48. The van der Waals surface area contributed by atoms with Gasteiger partial charge in [-0.3, -0.25) is 9.13 Å². The number of hydrogen-bond acceptors (Lipinski definition) is 9. The van der Waals surface area contributed by atoms with Gasteiger partial charge in [-0.2, -0.15) is 4.98 Å². The molecule has 3 heterocycles. The molecule has 5 atom stereocenters. The van der Waals surface area contributed by atoms with Crippen molar-refractivity contribution in [2.24, 2.45) is 0 Å². The van der Waals surface area contributed by atoms with Gasteiger partial charge >= 0.3 is 5.69 Å². The van der Waals surface area contributed by atoms with Gasteiger partial charge in [0, 0.05) is 11.8 Å². The van der Waals surface area contributed by atoms with Crippen molar-refractivity contribution in [1.29, 1.82) is 0 Å². The van der Waals surface area contributed by atoms with Gasteiger partial charge in [0.05, 0.1) is 6.61 Å². The number of nitrogen functional groups attached to an aromatic ring is 1. The number of nitrogens with zero attached hydrogens (tertiary/aromatic N) is 2. The molecule has 7 N–H and O–H groups in total. The van der Waals surface area contributed by atoms with Gasteiger partial charge in [0.2, 0.25) is 0 Å². The average Bonchev–Trinajstić information content (AvgIpc) is 2.75. The maximum Gasteiger partial charge on any atom is 0.351 e. The van der Waals surface area contributed by atoms with E-state index in [1.807, 2.05) is 6.92 Å². The van der Waals surface area contributed by atoms with Crippen LogP contribution in [0, 0.1) is 0 Å². The highest BCUT2D eigenvalue weighted by atomic mass is 31.2. The second kappa shape index (κ2) is 6.29. The third-order valence-corrected chi connectivity index (χ3v) is 4.64. The fourth-order valence-electron chi connectivity index (χ4n) is 2.53. The van der Waals surface area contributed by atoms with Gasteiger partial charge in [0.1, 0.15) is 24.1 Å². The first-order valence-electron chi connectivity index (χ1n) is 6.67. The summed E-state index contributed by atoms with van der Waals surface area (Å²) in [5.41, 5.74) is 5.54. The maximum absolute atomic E-state index is 12.0. The molecule has 0 saturated carbocycles. The van der Waals surface area contributed by atoms with Crippen LogP contribution in [-0.4, -0.2) is 39.6 Å². The largest absolute Gasteiger partial charge is 0.756 e. The highest BCUT2D eigenvalue weighted by Crippen LogP contribution is 2.49. The standard InChI is InChI=1S/C11H16N3O7P.H3N/c1-2-5-3-14(11(16)13-9(5)12)10-7(15)8-6(20-10)4-19-22(17,18)21-8;/h3,6-8,10,15H,2,4H2,1H3,(H,17,18)(H2,12,13,16);1H3. The van der Waals surface area contributed by atoms with Gasteiger partial charge in [-0.05, 0) is 6.42 Å². The van der Waals surface area contributed by atoms with Crippen LogP contribution in [0.15, 0.2) is 11.0 Å². The van der Waals surface area contributed by atoms with Gasteiger partial charge < -0.3 is 35.7 Å². The number of phosphoric ester groups is 1. The van der Waals surface area contributed by atoms with E-state index in [0.717, 1.165) is 4.57 Å². The Kier molecular flexibility index (Phi) is 4.92. The molecule has 12 heteroatoms. The van der Waals surface area contributed by atoms with E-state index < -0.39 is 38.1 Å². The molecule has 0 spiro atoms. The Hall–Kier alpha value is -1.33. The molecular formula is C11H19N4O7P. The summed E-state index contributed by atoms with van der Waals surface area (Å²) in [7, 11) is -4.46. The van der Waals surface area contributed by atoms with Crippen molar-refractivity contribution < 1.29 is 28.3 Å². The summed E-state index contributed by atoms with van der Waals surface area (Å²) in [5, 5.41) is 10.2. The number of rotatable bonds is 2. The average molecular weight is 350 g/mol. The van der Waals surface area contributed by atoms with Crippen molar-refractivity contribution in [3.05, 3.63) is 22.2 Å². The summed E-state index contributed by atoms with van der Waals surface area (Å²) in [6, 6.07) is 0. The molecule has 130 valence electrons. The van der Waals surface area contributed by atoms with Crippen molar-refractivity contribution >= 4 is 13.6 Å². The summed E-state index contributed by atoms with van der Waals surface area (Å²) in [6.45, 7) is 1.55. The highest BCUT2D eigenvalue weighted by molar-refractivity contribution is 7.45. The second-order valence-corrected chi connectivity index (χ2v) is 6.43. The highest BCUT2D eigenvalue weighted by Gasteiger charge is 2.50. The molecule has 2 aliphatic rings. The molecule has 3 rings (SSSR count). The molecule has 0 bridgehead atoms. The summed E-state index contributed by atoms with van der Waals surface area (Å²) in [5.74, 6) is 0.109. The van der Waals surface area contributed by atoms with E-state index in [2.05, 4.69) is 9.51 Å². The van der Waals surface area contributed by atoms with Crippen molar-refractivity contribution in [1.82, 2.24) is 15.7 Å². The van der Waals surface area contributed by atoms with Gasteiger partial charge in [-0.15, -0.1) is 0 Å². The molecule has 11 nitrogen and oxygen atoms in total. The van der Waals surface area contributed by atoms with E-state index >= 15 is 0 Å². The van der Waals surface area contributed by atoms with E-state index in [9.17, 15) is 19.4 Å². The Bertz CT molecular complexity index is 695. The van der Waals surface area contributed by atoms with Gasteiger partial charge in [0.15, 0.2) is 6.23 Å². The molecule has 1 aromatic rings. The molecule has 23 heavy (non-hydrogen) atoms. The molecule has 5 unspecified atom stereocenters. The third kappa shape index (κ3) is 3.17. The molecule has 1 aromatic heterocycles. The van der Waals surface area contributed by atoms with Gasteiger partial charge in [-0.25, -0.2) is 4.79 Å². The zero-order valence-electron chi connectivity index (χ0n) is 12.6. The summed E-state index contributed by atoms with van der Waals surface area (Å²) < 4.78 is 27.1. The number of aromatic nitrogens is 2. The minimum atomic E-state index is -4.46. The van der Waals surface area contributed by atoms with E-state index in [4.69, 9.17) is 15.0 Å². The Labute approximate surface area is 131 Å². The number of anilines is 1. The molecule has 0 aromatic carbocycles. The quantitative estimate of drug-likeness (QED) is 0.557. The number of ether oxygens (including phenoxy) is 1. The van der Waals surface area contributed by atoms with Crippen LogP contribution in [-0.2, 0) is 24.8 Å². The Morgan fingerprint density at radius 2 is 2.30 bits per heavy atom. The topological polar surface area (TPSA) is 185 Å². The number of nitrogens with two attached hydrogens (primary N) is 1. The predicted octanol–water partition coefficient (Wildman–Crippen LogP) is -1.09. The molecule has 0 aliphatic carbocycles. The van der Waals surface area contributed by atoms with Crippen LogP contribution in [0.2, 0.25) is 0 Å². The Morgan fingerprint density at radius 3 is 2.96 bits per heavy atom. The van der Waals surface area contributed by atoms with Crippen LogP contribution in [0.25, 0.3) is 0 Å². The van der Waals surface area contributed by atoms with Crippen LogP contribution in [0.3, 0.4) is 0 Å². The van der Waals surface area contributed by atoms with E-state index in [1.165, 1.54) is 6.20 Å². The first kappa shape index (κ1) is 18.0. The van der Waals surface area contributed by atoms with Crippen molar-refractivity contribution in [3.8, 4) is 0 Å². The molecule has 2 aliphatic heterocycles. The van der Waals surface area contributed by atoms with Gasteiger partial charge in [0.25, 0.3) is 7.82 Å². The van der Waals surface area contributed by atoms with Crippen LogP contribution in [0.5, 0.6) is 0 Å². The second-order valence-electron chi connectivity index (χ2n) is 5.06. The zero-order chi connectivity index (χ0) is 16.1. The number of hydrogen-bond donors (Lipinski definition) is 3. The van der Waals surface area contributed by atoms with Crippen molar-refractivity contribution in [2.75, 3.05) is 12.3 Å². The summed E-state index contributed by atoms with van der Waals surface area (Å²) in [6.07, 6.45) is -2.44. The lowest BCUT2D eigenvalue weighted by molar-refractivity contribution is -0.245. The fraction of sp³-hybridized carbons (Fsp3) is 0.636. The van der Waals surface area contributed by atoms with Crippen molar-refractivity contribution in [2.45, 2.75) is 37.9 Å². The number of quaternary nitrogens is 1. The molecule has 0 radical (unpaired) electrons. The summed E-state index contributed by atoms with van der Waals surface area (Å²) >= 11 is 0. The predicted molar refractivity (Wildman–Crippen MR) is 76.6 cm³/mol. The number of aliphatic hydroxyl groups is 1. The van der Waals surface area contributed by atoms with E-state index in [-0.39, 0.29) is 18.6 Å². The number of phosphoric acid groups is 1. The number of fused-ring (bicyclic) bond motifs is 1. The summed E-state index contributed by atoms with van der Waals surface area (Å²) in [4.78, 5) is 27.0. The number of aryl methyl sites for hydroxylation is 1. The normalized spacial score (nSPS) is 36.3. The van der Waals surface area contributed by atoms with Crippen LogP contribution >= 0.6 is 7.82 Å². The zero-order valence-corrected chi connectivity index (χ0v) is 13.5. The minimum absolute atomic E-state index is 0. The van der Waals surface area contributed by atoms with E-state index in [0.29, 0.717) is 12.0 Å². The lowest BCUT2D eigenvalue weighted by atomic mass is 10.1. The Balaban J connectivity index is 0.00000192. The number of aliphatic hydroxyl groups excluding tert-OH is 1. The molecule has 0 amide bonds. The smallest absolute Gasteiger partial charge is 0.351 e. The lowest BCUT2D eigenvalue weighted by Crippen LogP contribution is -2.41. The first-order valence-corrected chi connectivity index (χ1v) is 8.13. The molecule has 2 fully saturated rings. The SMILES string of the molecule is CCc1cn(C2OC3COP(=O)([O-])OC3C2O)c(=O)nc1N.[NH4+]. The minimum Gasteiger partial charge on any atom is -0.756 e. The van der Waals surface area contributed by atoms with E-state index in [1.54, 1.807) is 0 Å². The van der Waals surface area contributed by atoms with Gasteiger partial charge in [-0.1, -0.05) is 6.92 Å². The molecular weight excluding hydrogens is 331 g/mol. The van der Waals surface area contributed by atoms with Crippen LogP contribution < -0.4 is 22.5 Å². The van der Waals surface area contributed by atoms with Crippen LogP contribution in [0.1, 0.15) is 18.7 Å².